The topological polar surface area (TPSA) is 55.5 Å². The molecule has 6 heteroatoms. The van der Waals surface area contributed by atoms with Gasteiger partial charge in [0, 0.05) is 6.21 Å². The summed E-state index contributed by atoms with van der Waals surface area (Å²) in [5, 5.41) is 0. The van der Waals surface area contributed by atoms with E-state index in [9.17, 15) is 18.0 Å². The minimum absolute atomic E-state index is 1.01. The van der Waals surface area contributed by atoms with Gasteiger partial charge in [0.05, 0.1) is 5.92 Å². The molecule has 0 radical (unpaired) electrons. The molecule has 1 aliphatic rings. The average molecular weight is 192 g/mol. The van der Waals surface area contributed by atoms with Gasteiger partial charge in [-0.15, -0.1) is 0 Å². The summed E-state index contributed by atoms with van der Waals surface area (Å²) in [5.41, 5.74) is 4.79. The van der Waals surface area contributed by atoms with E-state index in [4.69, 9.17) is 5.73 Å². The van der Waals surface area contributed by atoms with Crippen LogP contribution in [0.5, 0.6) is 0 Å². The number of nitrogens with zero attached hydrogens (tertiary/aromatic N) is 1. The number of primary amides is 1. The number of nitrogens with two attached hydrogens (primary N) is 1. The summed E-state index contributed by atoms with van der Waals surface area (Å²) in [5.74, 6) is -2.40. The number of alkyl halides is 3. The molecule has 0 saturated heterocycles. The SMILES string of the molecule is NC(=O)C1C=CC=NC1C(F)(F)F. The Morgan fingerprint density at radius 3 is 2.46 bits per heavy atom. The third kappa shape index (κ3) is 2.07. The summed E-state index contributed by atoms with van der Waals surface area (Å²) < 4.78 is 36.6. The maximum Gasteiger partial charge on any atom is 0.411 e. The number of carbonyl (C=O) groups is 1. The minimum atomic E-state index is -4.53. The van der Waals surface area contributed by atoms with Gasteiger partial charge in [0.25, 0.3) is 0 Å². The summed E-state index contributed by atoms with van der Waals surface area (Å²) >= 11 is 0. The van der Waals surface area contributed by atoms with Gasteiger partial charge in [0.15, 0.2) is 6.04 Å². The highest BCUT2D eigenvalue weighted by atomic mass is 19.4. The van der Waals surface area contributed by atoms with E-state index in [1.165, 1.54) is 6.08 Å². The van der Waals surface area contributed by atoms with Crippen molar-refractivity contribution in [1.82, 2.24) is 0 Å². The summed E-state index contributed by atoms with van der Waals surface area (Å²) in [6.07, 6.45) is -1.14. The zero-order valence-electron chi connectivity index (χ0n) is 6.45. The van der Waals surface area contributed by atoms with Crippen molar-refractivity contribution in [3.8, 4) is 0 Å². The molecule has 1 amide bonds. The number of hydrogen-bond donors (Lipinski definition) is 1. The van der Waals surface area contributed by atoms with Crippen LogP contribution < -0.4 is 5.73 Å². The molecular weight excluding hydrogens is 185 g/mol. The molecule has 2 atom stereocenters. The second-order valence-corrected chi connectivity index (χ2v) is 2.60. The molecule has 0 aromatic carbocycles. The molecule has 3 nitrogen and oxygen atoms in total. The van der Waals surface area contributed by atoms with E-state index in [1.807, 2.05) is 0 Å². The normalized spacial score (nSPS) is 27.6. The number of amides is 1. The largest absolute Gasteiger partial charge is 0.411 e. The highest BCUT2D eigenvalue weighted by molar-refractivity contribution is 5.83. The Morgan fingerprint density at radius 1 is 1.46 bits per heavy atom. The average Bonchev–Trinajstić information content (AvgIpc) is 2.03. The molecule has 2 unspecified atom stereocenters. The Hall–Kier alpha value is -1.33. The quantitative estimate of drug-likeness (QED) is 0.651. The second-order valence-electron chi connectivity index (χ2n) is 2.60. The van der Waals surface area contributed by atoms with Gasteiger partial charge in [0.2, 0.25) is 5.91 Å². The lowest BCUT2D eigenvalue weighted by Crippen LogP contribution is -2.41. The van der Waals surface area contributed by atoms with E-state index in [0.29, 0.717) is 0 Å². The van der Waals surface area contributed by atoms with Gasteiger partial charge in [-0.2, -0.15) is 13.2 Å². The number of aliphatic imine (C=N–C) groups is 1. The van der Waals surface area contributed by atoms with Crippen molar-refractivity contribution >= 4 is 12.1 Å². The van der Waals surface area contributed by atoms with Gasteiger partial charge < -0.3 is 5.73 Å². The number of hydrogen-bond acceptors (Lipinski definition) is 2. The van der Waals surface area contributed by atoms with Gasteiger partial charge in [-0.1, -0.05) is 6.08 Å². The zero-order chi connectivity index (χ0) is 10.1. The van der Waals surface area contributed by atoms with Gasteiger partial charge in [0.1, 0.15) is 0 Å². The van der Waals surface area contributed by atoms with Crippen LogP contribution in [-0.2, 0) is 4.79 Å². The first kappa shape index (κ1) is 9.76. The van der Waals surface area contributed by atoms with Crippen molar-refractivity contribution in [2.24, 2.45) is 16.6 Å². The first-order valence-corrected chi connectivity index (χ1v) is 3.49. The molecule has 13 heavy (non-hydrogen) atoms. The van der Waals surface area contributed by atoms with Gasteiger partial charge in [-0.05, 0) is 6.08 Å². The third-order valence-corrected chi connectivity index (χ3v) is 1.66. The van der Waals surface area contributed by atoms with Crippen LogP contribution >= 0.6 is 0 Å². The van der Waals surface area contributed by atoms with Gasteiger partial charge >= 0.3 is 6.18 Å². The van der Waals surface area contributed by atoms with Crippen molar-refractivity contribution in [1.29, 1.82) is 0 Å². The smallest absolute Gasteiger partial charge is 0.369 e. The van der Waals surface area contributed by atoms with E-state index >= 15 is 0 Å². The van der Waals surface area contributed by atoms with Crippen LogP contribution in [-0.4, -0.2) is 24.3 Å². The van der Waals surface area contributed by atoms with E-state index in [1.54, 1.807) is 0 Å². The summed E-state index contributed by atoms with van der Waals surface area (Å²) in [4.78, 5) is 13.8. The molecule has 0 fully saturated rings. The van der Waals surface area contributed by atoms with Crippen LogP contribution in [0.2, 0.25) is 0 Å². The lowest BCUT2D eigenvalue weighted by atomic mass is 9.97. The summed E-state index contributed by atoms with van der Waals surface area (Å²) in [6.45, 7) is 0. The summed E-state index contributed by atoms with van der Waals surface area (Å²) in [6, 6.07) is -2.03. The monoisotopic (exact) mass is 192 g/mol. The van der Waals surface area contributed by atoms with Crippen molar-refractivity contribution < 1.29 is 18.0 Å². The van der Waals surface area contributed by atoms with Crippen LogP contribution in [0.1, 0.15) is 0 Å². The molecule has 1 heterocycles. The fourth-order valence-corrected chi connectivity index (χ4v) is 1.05. The Labute approximate surface area is 72.1 Å². The fourth-order valence-electron chi connectivity index (χ4n) is 1.05. The van der Waals surface area contributed by atoms with Crippen LogP contribution in [0, 0.1) is 5.92 Å². The van der Waals surface area contributed by atoms with Crippen LogP contribution in [0.3, 0.4) is 0 Å². The molecule has 0 spiro atoms. The maximum atomic E-state index is 12.2. The molecule has 0 aromatic rings. The van der Waals surface area contributed by atoms with Crippen molar-refractivity contribution in [2.45, 2.75) is 12.2 Å². The Balaban J connectivity index is 2.89. The number of halogens is 3. The van der Waals surface area contributed by atoms with E-state index in [2.05, 4.69) is 4.99 Å². The molecule has 1 aliphatic heterocycles. The second kappa shape index (κ2) is 3.20. The molecule has 0 saturated carbocycles. The van der Waals surface area contributed by atoms with Crippen LogP contribution in [0.25, 0.3) is 0 Å². The first-order valence-electron chi connectivity index (χ1n) is 3.49. The molecule has 0 aliphatic carbocycles. The predicted molar refractivity (Wildman–Crippen MR) is 40.2 cm³/mol. The van der Waals surface area contributed by atoms with E-state index < -0.39 is 24.0 Å². The van der Waals surface area contributed by atoms with Crippen LogP contribution in [0.4, 0.5) is 13.2 Å². The van der Waals surface area contributed by atoms with Crippen molar-refractivity contribution in [3.63, 3.8) is 0 Å². The zero-order valence-corrected chi connectivity index (χ0v) is 6.45. The van der Waals surface area contributed by atoms with Gasteiger partial charge in [-0.3, -0.25) is 9.79 Å². The lowest BCUT2D eigenvalue weighted by molar-refractivity contribution is -0.160. The number of allylic oxidation sites excluding steroid dienone is 1. The Bertz CT molecular complexity index is 269. The number of rotatable bonds is 1. The fraction of sp³-hybridized carbons (Fsp3) is 0.429. The molecule has 72 valence electrons. The number of dihydropyridines is 1. The molecular formula is C7H7F3N2O. The highest BCUT2D eigenvalue weighted by Crippen LogP contribution is 2.30. The predicted octanol–water partition coefficient (Wildman–Crippen LogP) is 0.659. The lowest BCUT2D eigenvalue weighted by Gasteiger charge is -2.22. The number of carbonyl (C=O) groups excluding carboxylic acids is 1. The van der Waals surface area contributed by atoms with E-state index in [-0.39, 0.29) is 0 Å². The highest BCUT2D eigenvalue weighted by Gasteiger charge is 2.46. The summed E-state index contributed by atoms with van der Waals surface area (Å²) in [7, 11) is 0. The Kier molecular flexibility index (Phi) is 2.40. The molecule has 1 rings (SSSR count). The maximum absolute atomic E-state index is 12.2. The van der Waals surface area contributed by atoms with E-state index in [0.717, 1.165) is 12.3 Å². The van der Waals surface area contributed by atoms with Crippen molar-refractivity contribution in [2.75, 3.05) is 0 Å². The molecule has 0 bridgehead atoms. The van der Waals surface area contributed by atoms with Gasteiger partial charge in [-0.25, -0.2) is 0 Å². The minimum Gasteiger partial charge on any atom is -0.369 e. The standard InChI is InChI=1S/C7H7F3N2O/c8-7(9,10)5-4(6(11)13)2-1-3-12-5/h1-5H,(H2,11,13). The first-order chi connectivity index (χ1) is 5.93. The molecule has 2 N–H and O–H groups in total. The Morgan fingerprint density at radius 2 is 2.08 bits per heavy atom. The van der Waals surface area contributed by atoms with Crippen molar-refractivity contribution in [3.05, 3.63) is 12.2 Å². The van der Waals surface area contributed by atoms with Crippen LogP contribution in [0.15, 0.2) is 17.1 Å². The third-order valence-electron chi connectivity index (χ3n) is 1.66. The molecule has 0 aromatic heterocycles.